The van der Waals surface area contributed by atoms with Crippen LogP contribution in [0, 0.1) is 0 Å². The molecule has 5 heteroatoms. The Morgan fingerprint density at radius 1 is 0.852 bits per heavy atom. The first-order valence-electron chi connectivity index (χ1n) is 8.19. The lowest BCUT2D eigenvalue weighted by atomic mass is 10.00. The molecule has 3 rings (SSSR count). The Bertz CT molecular complexity index is 1050. The molecule has 0 aliphatic carbocycles. The van der Waals surface area contributed by atoms with Crippen LogP contribution >= 0.6 is 0 Å². The Labute approximate surface area is 155 Å². The van der Waals surface area contributed by atoms with Crippen LogP contribution < -0.4 is 9.47 Å². The summed E-state index contributed by atoms with van der Waals surface area (Å²) >= 11 is 0. The van der Waals surface area contributed by atoms with Crippen molar-refractivity contribution in [3.8, 4) is 11.5 Å². The largest absolute Gasteiger partial charge is 0.423 e. The number of hydrogen-bond donors (Lipinski definition) is 0. The Morgan fingerprint density at radius 2 is 1.59 bits per heavy atom. The van der Waals surface area contributed by atoms with Crippen LogP contribution in [0.25, 0.3) is 10.8 Å². The van der Waals surface area contributed by atoms with E-state index in [0.29, 0.717) is 21.9 Å². The molecule has 134 valence electrons. The smallest absolute Gasteiger partial charge is 0.343 e. The first-order chi connectivity index (χ1) is 13.0. The summed E-state index contributed by atoms with van der Waals surface area (Å²) in [6, 6.07) is 16.5. The van der Waals surface area contributed by atoms with Gasteiger partial charge in [0, 0.05) is 22.4 Å². The fourth-order valence-corrected chi connectivity index (χ4v) is 2.70. The normalized spacial score (nSPS) is 10.3. The van der Waals surface area contributed by atoms with Gasteiger partial charge in [0.25, 0.3) is 0 Å². The average molecular weight is 360 g/mol. The molecular weight excluding hydrogens is 344 g/mol. The van der Waals surface area contributed by atoms with E-state index < -0.39 is 11.9 Å². The number of hydrogen-bond acceptors (Lipinski definition) is 5. The lowest BCUT2D eigenvalue weighted by molar-refractivity contribution is -0.128. The summed E-state index contributed by atoms with van der Waals surface area (Å²) in [7, 11) is 0. The van der Waals surface area contributed by atoms with Crippen molar-refractivity contribution < 1.29 is 23.9 Å². The van der Waals surface area contributed by atoms with Gasteiger partial charge in [-0.1, -0.05) is 36.9 Å². The minimum Gasteiger partial charge on any atom is -0.423 e. The summed E-state index contributed by atoms with van der Waals surface area (Å²) in [5.41, 5.74) is 0.744. The summed E-state index contributed by atoms with van der Waals surface area (Å²) < 4.78 is 10.8. The molecule has 0 spiro atoms. The molecule has 0 atom stereocenters. The topological polar surface area (TPSA) is 69.7 Å². The van der Waals surface area contributed by atoms with Gasteiger partial charge in [-0.3, -0.25) is 4.79 Å². The first kappa shape index (κ1) is 18.1. The molecule has 0 radical (unpaired) electrons. The molecule has 0 amide bonds. The second-order valence-corrected chi connectivity index (χ2v) is 5.73. The highest BCUT2D eigenvalue weighted by Gasteiger charge is 2.18. The van der Waals surface area contributed by atoms with E-state index in [9.17, 15) is 14.4 Å². The van der Waals surface area contributed by atoms with Gasteiger partial charge in [0.1, 0.15) is 11.5 Å². The second kappa shape index (κ2) is 7.66. The summed E-state index contributed by atoms with van der Waals surface area (Å²) in [6.07, 6.45) is 1.05. The summed E-state index contributed by atoms with van der Waals surface area (Å²) in [5.74, 6) is -0.921. The number of benzene rings is 3. The number of ketones is 1. The number of ether oxygens (including phenoxy) is 2. The number of fused-ring (bicyclic) bond motifs is 1. The molecule has 0 bridgehead atoms. The van der Waals surface area contributed by atoms with Crippen molar-refractivity contribution >= 4 is 28.5 Å². The van der Waals surface area contributed by atoms with Gasteiger partial charge in [0.05, 0.1) is 5.56 Å². The first-order valence-corrected chi connectivity index (χ1v) is 8.19. The van der Waals surface area contributed by atoms with Crippen LogP contribution in [-0.2, 0) is 4.79 Å². The van der Waals surface area contributed by atoms with Crippen molar-refractivity contribution in [2.75, 3.05) is 0 Å². The van der Waals surface area contributed by atoms with E-state index >= 15 is 0 Å². The van der Waals surface area contributed by atoms with Gasteiger partial charge in [-0.2, -0.15) is 0 Å². The molecule has 0 unspecified atom stereocenters. The predicted molar refractivity (Wildman–Crippen MR) is 101 cm³/mol. The number of rotatable bonds is 5. The fraction of sp³-hybridized carbons (Fsp3) is 0.0455. The Morgan fingerprint density at radius 3 is 2.26 bits per heavy atom. The van der Waals surface area contributed by atoms with Crippen LogP contribution in [0.15, 0.2) is 73.3 Å². The summed E-state index contributed by atoms with van der Waals surface area (Å²) in [4.78, 5) is 36.1. The molecule has 0 saturated carbocycles. The van der Waals surface area contributed by atoms with Crippen LogP contribution in [-0.4, -0.2) is 17.7 Å². The maximum Gasteiger partial charge on any atom is 0.343 e. The van der Waals surface area contributed by atoms with Gasteiger partial charge in [0.2, 0.25) is 0 Å². The third-order valence-corrected chi connectivity index (χ3v) is 3.93. The SMILES string of the molecule is C=CC(=O)Oc1ccc(C(C)=O)c2c(OC(=O)c3ccccc3)cccc12. The molecule has 3 aromatic rings. The van der Waals surface area contributed by atoms with Crippen molar-refractivity contribution in [1.82, 2.24) is 0 Å². The van der Waals surface area contributed by atoms with Crippen molar-refractivity contribution in [2.24, 2.45) is 0 Å². The standard InChI is InChI=1S/C22H16O5/c1-3-20(24)26-18-13-12-16(14(2)23)21-17(18)10-7-11-19(21)27-22(25)15-8-5-4-6-9-15/h3-13H,1H2,2H3. The molecule has 0 saturated heterocycles. The Hall–Kier alpha value is -3.73. The van der Waals surface area contributed by atoms with Gasteiger partial charge in [-0.05, 0) is 37.3 Å². The molecule has 27 heavy (non-hydrogen) atoms. The summed E-state index contributed by atoms with van der Waals surface area (Å²) in [6.45, 7) is 4.79. The lowest BCUT2D eigenvalue weighted by Crippen LogP contribution is -2.10. The van der Waals surface area contributed by atoms with Gasteiger partial charge in [-0.25, -0.2) is 9.59 Å². The van der Waals surface area contributed by atoms with Crippen molar-refractivity contribution in [3.05, 3.63) is 84.4 Å². The number of esters is 2. The zero-order valence-electron chi connectivity index (χ0n) is 14.6. The molecule has 0 aliphatic rings. The molecule has 0 aliphatic heterocycles. The molecule has 0 N–H and O–H groups in total. The summed E-state index contributed by atoms with van der Waals surface area (Å²) in [5, 5.41) is 0.889. The van der Waals surface area contributed by atoms with Crippen molar-refractivity contribution in [2.45, 2.75) is 6.92 Å². The van der Waals surface area contributed by atoms with E-state index in [-0.39, 0.29) is 17.3 Å². The minimum atomic E-state index is -0.626. The van der Waals surface area contributed by atoms with Gasteiger partial charge < -0.3 is 9.47 Å². The quantitative estimate of drug-likeness (QED) is 0.293. The fourth-order valence-electron chi connectivity index (χ4n) is 2.70. The van der Waals surface area contributed by atoms with E-state index in [0.717, 1.165) is 6.08 Å². The number of carbonyl (C=O) groups is 3. The molecule has 0 aromatic heterocycles. The Kier molecular flexibility index (Phi) is 5.13. The maximum atomic E-state index is 12.4. The third kappa shape index (κ3) is 3.77. The average Bonchev–Trinajstić information content (AvgIpc) is 2.68. The molecule has 3 aromatic carbocycles. The molecule has 0 heterocycles. The van der Waals surface area contributed by atoms with Crippen LogP contribution in [0.1, 0.15) is 27.6 Å². The second-order valence-electron chi connectivity index (χ2n) is 5.73. The van der Waals surface area contributed by atoms with Crippen molar-refractivity contribution in [1.29, 1.82) is 0 Å². The number of carbonyl (C=O) groups excluding carboxylic acids is 3. The highest BCUT2D eigenvalue weighted by Crippen LogP contribution is 2.36. The minimum absolute atomic E-state index is 0.204. The van der Waals surface area contributed by atoms with E-state index in [1.54, 1.807) is 48.5 Å². The van der Waals surface area contributed by atoms with E-state index in [1.165, 1.54) is 19.1 Å². The Balaban J connectivity index is 2.13. The van der Waals surface area contributed by atoms with E-state index in [4.69, 9.17) is 9.47 Å². The van der Waals surface area contributed by atoms with E-state index in [2.05, 4.69) is 6.58 Å². The monoisotopic (exact) mass is 360 g/mol. The van der Waals surface area contributed by atoms with Crippen LogP contribution in [0.4, 0.5) is 0 Å². The third-order valence-electron chi connectivity index (χ3n) is 3.93. The van der Waals surface area contributed by atoms with Crippen LogP contribution in [0.3, 0.4) is 0 Å². The molecule has 5 nitrogen and oxygen atoms in total. The number of Topliss-reactive ketones (excluding diaryl/α,β-unsaturated/α-hetero) is 1. The van der Waals surface area contributed by atoms with Crippen LogP contribution in [0.5, 0.6) is 11.5 Å². The zero-order valence-corrected chi connectivity index (χ0v) is 14.6. The highest BCUT2D eigenvalue weighted by molar-refractivity contribution is 6.12. The molecule has 0 fully saturated rings. The van der Waals surface area contributed by atoms with E-state index in [1.807, 2.05) is 0 Å². The van der Waals surface area contributed by atoms with Gasteiger partial charge >= 0.3 is 11.9 Å². The highest BCUT2D eigenvalue weighted by atomic mass is 16.5. The lowest BCUT2D eigenvalue weighted by Gasteiger charge is -2.13. The van der Waals surface area contributed by atoms with Gasteiger partial charge in [0.15, 0.2) is 5.78 Å². The van der Waals surface area contributed by atoms with Gasteiger partial charge in [-0.15, -0.1) is 0 Å². The zero-order chi connectivity index (χ0) is 19.4. The molecular formula is C22H16O5. The van der Waals surface area contributed by atoms with Crippen molar-refractivity contribution in [3.63, 3.8) is 0 Å². The predicted octanol–water partition coefficient (Wildman–Crippen LogP) is 4.35. The van der Waals surface area contributed by atoms with Crippen LogP contribution in [0.2, 0.25) is 0 Å². The maximum absolute atomic E-state index is 12.4.